The van der Waals surface area contributed by atoms with Gasteiger partial charge in [0.05, 0.1) is 5.56 Å². The van der Waals surface area contributed by atoms with Gasteiger partial charge in [-0.15, -0.1) is 0 Å². The van der Waals surface area contributed by atoms with Gasteiger partial charge in [-0.05, 0) is 54.6 Å². The molecule has 23 heavy (non-hydrogen) atoms. The van der Waals surface area contributed by atoms with Gasteiger partial charge in [-0.25, -0.2) is 4.39 Å². The molecule has 0 bridgehead atoms. The molecule has 0 saturated carbocycles. The number of ether oxygens (including phenoxy) is 1. The number of halogens is 2. The lowest BCUT2D eigenvalue weighted by Gasteiger charge is -2.07. The molecule has 0 N–H and O–H groups in total. The van der Waals surface area contributed by atoms with E-state index in [0.717, 1.165) is 0 Å². The number of hydrogen-bond donors (Lipinski definition) is 0. The first-order chi connectivity index (χ1) is 11.1. The molecule has 114 valence electrons. The zero-order valence-corrected chi connectivity index (χ0v) is 12.8. The van der Waals surface area contributed by atoms with Gasteiger partial charge in [0.1, 0.15) is 17.3 Å². The SMILES string of the molecule is O=C(c1ccc(Oc2ccccc2)cc1)c1cc(Cl)ccc1F. The van der Waals surface area contributed by atoms with Crippen LogP contribution >= 0.6 is 11.6 Å². The van der Waals surface area contributed by atoms with E-state index in [1.807, 2.05) is 30.3 Å². The standard InChI is InChI=1S/C19H12ClFO2/c20-14-8-11-18(21)17(12-14)19(22)13-6-9-16(10-7-13)23-15-4-2-1-3-5-15/h1-12H. The highest BCUT2D eigenvalue weighted by Crippen LogP contribution is 2.23. The minimum Gasteiger partial charge on any atom is -0.457 e. The maximum Gasteiger partial charge on any atom is 0.196 e. The number of ketones is 1. The largest absolute Gasteiger partial charge is 0.457 e. The van der Waals surface area contributed by atoms with Crippen molar-refractivity contribution in [2.75, 3.05) is 0 Å². The summed E-state index contributed by atoms with van der Waals surface area (Å²) in [7, 11) is 0. The van der Waals surface area contributed by atoms with E-state index in [-0.39, 0.29) is 5.56 Å². The predicted molar refractivity (Wildman–Crippen MR) is 87.8 cm³/mol. The fraction of sp³-hybridized carbons (Fsp3) is 0. The van der Waals surface area contributed by atoms with Crippen molar-refractivity contribution >= 4 is 17.4 Å². The molecule has 0 aliphatic rings. The van der Waals surface area contributed by atoms with Crippen molar-refractivity contribution in [1.29, 1.82) is 0 Å². The first-order valence-corrected chi connectivity index (χ1v) is 7.34. The Morgan fingerprint density at radius 2 is 1.52 bits per heavy atom. The Bertz CT molecular complexity index is 830. The quantitative estimate of drug-likeness (QED) is 0.591. The molecule has 0 atom stereocenters. The number of rotatable bonds is 4. The van der Waals surface area contributed by atoms with Gasteiger partial charge in [-0.1, -0.05) is 29.8 Å². The monoisotopic (exact) mass is 326 g/mol. The maximum absolute atomic E-state index is 13.8. The highest BCUT2D eigenvalue weighted by atomic mass is 35.5. The molecule has 0 saturated heterocycles. The molecule has 0 radical (unpaired) electrons. The molecule has 4 heteroatoms. The summed E-state index contributed by atoms with van der Waals surface area (Å²) in [5.41, 5.74) is 0.320. The second kappa shape index (κ2) is 6.63. The van der Waals surface area contributed by atoms with E-state index >= 15 is 0 Å². The Kier molecular flexibility index (Phi) is 4.40. The van der Waals surface area contributed by atoms with E-state index in [9.17, 15) is 9.18 Å². The molecule has 0 amide bonds. The summed E-state index contributed by atoms with van der Waals surface area (Å²) in [4.78, 5) is 12.3. The molecule has 3 aromatic carbocycles. The Morgan fingerprint density at radius 1 is 0.870 bits per heavy atom. The predicted octanol–water partition coefficient (Wildman–Crippen LogP) is 5.50. The average molecular weight is 327 g/mol. The van der Waals surface area contributed by atoms with Crippen molar-refractivity contribution in [3.05, 3.63) is 94.8 Å². The first kappa shape index (κ1) is 15.3. The van der Waals surface area contributed by atoms with Crippen molar-refractivity contribution in [2.24, 2.45) is 0 Å². The van der Waals surface area contributed by atoms with Crippen LogP contribution in [0.15, 0.2) is 72.8 Å². The van der Waals surface area contributed by atoms with Crippen LogP contribution in [-0.4, -0.2) is 5.78 Å². The van der Waals surface area contributed by atoms with Crippen LogP contribution in [0.5, 0.6) is 11.5 Å². The third-order valence-corrected chi connectivity index (χ3v) is 3.50. The average Bonchev–Trinajstić information content (AvgIpc) is 2.58. The van der Waals surface area contributed by atoms with E-state index < -0.39 is 11.6 Å². The van der Waals surface area contributed by atoms with Crippen LogP contribution in [0.1, 0.15) is 15.9 Å². The summed E-state index contributed by atoms with van der Waals surface area (Å²) in [5, 5.41) is 0.318. The summed E-state index contributed by atoms with van der Waals surface area (Å²) in [6.07, 6.45) is 0. The van der Waals surface area contributed by atoms with E-state index in [2.05, 4.69) is 0 Å². The van der Waals surface area contributed by atoms with Crippen LogP contribution in [0.4, 0.5) is 4.39 Å². The number of para-hydroxylation sites is 1. The first-order valence-electron chi connectivity index (χ1n) is 6.96. The van der Waals surface area contributed by atoms with Crippen LogP contribution in [-0.2, 0) is 0 Å². The lowest BCUT2D eigenvalue weighted by Crippen LogP contribution is -2.04. The van der Waals surface area contributed by atoms with Crippen molar-refractivity contribution in [3.63, 3.8) is 0 Å². The second-order valence-corrected chi connectivity index (χ2v) is 5.33. The topological polar surface area (TPSA) is 26.3 Å². The molecule has 2 nitrogen and oxygen atoms in total. The van der Waals surface area contributed by atoms with Crippen LogP contribution < -0.4 is 4.74 Å². The summed E-state index contributed by atoms with van der Waals surface area (Å²) in [5.74, 6) is 0.284. The fourth-order valence-corrected chi connectivity index (χ4v) is 2.30. The van der Waals surface area contributed by atoms with Gasteiger partial charge in [0.2, 0.25) is 0 Å². The Labute approximate surface area is 138 Å². The molecule has 0 fully saturated rings. The van der Waals surface area contributed by atoms with E-state index in [0.29, 0.717) is 22.1 Å². The van der Waals surface area contributed by atoms with Gasteiger partial charge in [-0.2, -0.15) is 0 Å². The van der Waals surface area contributed by atoms with Crippen LogP contribution in [0, 0.1) is 5.82 Å². The molecule has 3 rings (SSSR count). The van der Waals surface area contributed by atoms with Crippen LogP contribution in [0.2, 0.25) is 5.02 Å². The van der Waals surface area contributed by atoms with Gasteiger partial charge in [0.25, 0.3) is 0 Å². The smallest absolute Gasteiger partial charge is 0.196 e. The van der Waals surface area contributed by atoms with E-state index in [1.54, 1.807) is 24.3 Å². The third-order valence-electron chi connectivity index (χ3n) is 3.27. The van der Waals surface area contributed by atoms with Crippen molar-refractivity contribution in [1.82, 2.24) is 0 Å². The molecule has 0 aromatic heterocycles. The Morgan fingerprint density at radius 3 is 2.22 bits per heavy atom. The molecular formula is C19H12ClFO2. The number of carbonyl (C=O) groups excluding carboxylic acids is 1. The van der Waals surface area contributed by atoms with Gasteiger partial charge in [0.15, 0.2) is 5.78 Å². The van der Waals surface area contributed by atoms with Crippen LogP contribution in [0.25, 0.3) is 0 Å². The molecule has 0 aliphatic carbocycles. The van der Waals surface area contributed by atoms with Crippen molar-refractivity contribution in [2.45, 2.75) is 0 Å². The second-order valence-electron chi connectivity index (χ2n) is 4.89. The summed E-state index contributed by atoms with van der Waals surface area (Å²) in [6.45, 7) is 0. The molecule has 3 aromatic rings. The van der Waals surface area contributed by atoms with Gasteiger partial charge in [0, 0.05) is 10.6 Å². The molecule has 0 spiro atoms. The molecule has 0 unspecified atom stereocenters. The van der Waals surface area contributed by atoms with Crippen molar-refractivity contribution < 1.29 is 13.9 Å². The van der Waals surface area contributed by atoms with Crippen LogP contribution in [0.3, 0.4) is 0 Å². The van der Waals surface area contributed by atoms with Crippen molar-refractivity contribution in [3.8, 4) is 11.5 Å². The summed E-state index contributed by atoms with van der Waals surface area (Å²) < 4.78 is 19.4. The summed E-state index contributed by atoms with van der Waals surface area (Å²) in [6, 6.07) is 19.8. The van der Waals surface area contributed by atoms with Gasteiger partial charge in [-0.3, -0.25) is 4.79 Å². The van der Waals surface area contributed by atoms with Gasteiger partial charge < -0.3 is 4.74 Å². The Hall–Kier alpha value is -2.65. The zero-order chi connectivity index (χ0) is 16.2. The zero-order valence-electron chi connectivity index (χ0n) is 12.0. The van der Waals surface area contributed by atoms with E-state index in [1.165, 1.54) is 18.2 Å². The summed E-state index contributed by atoms with van der Waals surface area (Å²) >= 11 is 5.82. The molecule has 0 aliphatic heterocycles. The third kappa shape index (κ3) is 3.58. The minimum absolute atomic E-state index is 0.0470. The lowest BCUT2D eigenvalue weighted by atomic mass is 10.0. The Balaban J connectivity index is 1.82. The molecule has 0 heterocycles. The molecular weight excluding hydrogens is 315 g/mol. The fourth-order valence-electron chi connectivity index (χ4n) is 2.13. The number of hydrogen-bond acceptors (Lipinski definition) is 2. The lowest BCUT2D eigenvalue weighted by molar-refractivity contribution is 0.103. The maximum atomic E-state index is 13.8. The highest BCUT2D eigenvalue weighted by Gasteiger charge is 2.14. The number of benzene rings is 3. The number of carbonyl (C=O) groups is 1. The highest BCUT2D eigenvalue weighted by molar-refractivity contribution is 6.31. The van der Waals surface area contributed by atoms with E-state index in [4.69, 9.17) is 16.3 Å². The minimum atomic E-state index is -0.594. The normalized spacial score (nSPS) is 10.3. The van der Waals surface area contributed by atoms with Gasteiger partial charge >= 0.3 is 0 Å².